The maximum atomic E-state index is 12.1. The Kier molecular flexibility index (Phi) is 5.91. The highest BCUT2D eigenvalue weighted by atomic mass is 16.5. The predicted molar refractivity (Wildman–Crippen MR) is 86.6 cm³/mol. The van der Waals surface area contributed by atoms with Crippen molar-refractivity contribution in [3.05, 3.63) is 30.1 Å². The molecule has 2 rings (SSSR count). The molecule has 1 unspecified atom stereocenters. The lowest BCUT2D eigenvalue weighted by molar-refractivity contribution is -0.121. The molecule has 3 N–H and O–H groups in total. The second-order valence-electron chi connectivity index (χ2n) is 5.60. The number of imidazole rings is 1. The molecular weight excluding hydrogens is 280 g/mol. The molecule has 0 saturated carbocycles. The second-order valence-corrected chi connectivity index (χ2v) is 5.60. The summed E-state index contributed by atoms with van der Waals surface area (Å²) in [5.74, 6) is 0.986. The van der Waals surface area contributed by atoms with E-state index in [0.717, 1.165) is 16.9 Å². The maximum absolute atomic E-state index is 12.1. The Hall–Kier alpha value is -1.92. The number of para-hydroxylation sites is 2. The lowest BCUT2D eigenvalue weighted by Gasteiger charge is -2.20. The number of nitrogens with one attached hydrogen (secondary N) is 3. The number of fused-ring (bicyclic) bond motifs is 1. The number of carbonyl (C=O) groups is 1. The molecule has 1 amide bonds. The molecule has 0 aliphatic heterocycles. The first-order valence-corrected chi connectivity index (χ1v) is 7.55. The van der Waals surface area contributed by atoms with Crippen molar-refractivity contribution in [2.45, 2.75) is 19.9 Å². The fraction of sp³-hybridized carbons (Fsp3) is 0.500. The molecular formula is C16H24N4O2. The molecule has 0 aliphatic rings. The summed E-state index contributed by atoms with van der Waals surface area (Å²) in [4.78, 5) is 19.9. The maximum Gasteiger partial charge on any atom is 0.234 e. The number of carbonyl (C=O) groups excluding carboxylic acids is 1. The van der Waals surface area contributed by atoms with Crippen LogP contribution in [-0.2, 0) is 9.53 Å². The first-order valence-electron chi connectivity index (χ1n) is 7.55. The first kappa shape index (κ1) is 16.5. The highest BCUT2D eigenvalue weighted by Gasteiger charge is 2.21. The standard InChI is InChI=1S/C16H24N4O2/c1-11(2)15(20-14(21)10-17-8-9-22-3)16-18-12-6-4-5-7-13(12)19-16/h4-7,11,15,17H,8-10H2,1-3H3,(H,18,19)(H,20,21). The van der Waals surface area contributed by atoms with Gasteiger partial charge in [-0.3, -0.25) is 4.79 Å². The monoisotopic (exact) mass is 304 g/mol. The minimum Gasteiger partial charge on any atom is -0.383 e. The van der Waals surface area contributed by atoms with Crippen LogP contribution in [0.3, 0.4) is 0 Å². The van der Waals surface area contributed by atoms with Gasteiger partial charge in [0.05, 0.1) is 30.2 Å². The molecule has 0 saturated heterocycles. The van der Waals surface area contributed by atoms with Crippen LogP contribution in [0.5, 0.6) is 0 Å². The smallest absolute Gasteiger partial charge is 0.234 e. The van der Waals surface area contributed by atoms with E-state index in [2.05, 4.69) is 34.4 Å². The zero-order chi connectivity index (χ0) is 15.9. The van der Waals surface area contributed by atoms with Gasteiger partial charge in [-0.2, -0.15) is 0 Å². The van der Waals surface area contributed by atoms with Crippen molar-refractivity contribution in [3.8, 4) is 0 Å². The van der Waals surface area contributed by atoms with Crippen molar-refractivity contribution in [2.75, 3.05) is 26.8 Å². The van der Waals surface area contributed by atoms with Crippen LogP contribution in [0.4, 0.5) is 0 Å². The van der Waals surface area contributed by atoms with Gasteiger partial charge in [-0.05, 0) is 18.1 Å². The van der Waals surface area contributed by atoms with Gasteiger partial charge in [-0.15, -0.1) is 0 Å². The Morgan fingerprint density at radius 3 is 2.82 bits per heavy atom. The summed E-state index contributed by atoms with van der Waals surface area (Å²) in [7, 11) is 1.64. The van der Waals surface area contributed by atoms with Crippen molar-refractivity contribution in [1.29, 1.82) is 0 Å². The highest BCUT2D eigenvalue weighted by Crippen LogP contribution is 2.21. The van der Waals surface area contributed by atoms with Gasteiger partial charge in [-0.1, -0.05) is 26.0 Å². The Morgan fingerprint density at radius 2 is 2.14 bits per heavy atom. The molecule has 0 fully saturated rings. The third kappa shape index (κ3) is 4.29. The van der Waals surface area contributed by atoms with Gasteiger partial charge in [0, 0.05) is 13.7 Å². The van der Waals surface area contributed by atoms with Crippen molar-refractivity contribution in [3.63, 3.8) is 0 Å². The van der Waals surface area contributed by atoms with Crippen LogP contribution in [0.15, 0.2) is 24.3 Å². The third-order valence-electron chi connectivity index (χ3n) is 3.45. The Morgan fingerprint density at radius 1 is 1.36 bits per heavy atom. The number of hydrogen-bond acceptors (Lipinski definition) is 4. The highest BCUT2D eigenvalue weighted by molar-refractivity contribution is 5.79. The molecule has 22 heavy (non-hydrogen) atoms. The van der Waals surface area contributed by atoms with Crippen LogP contribution >= 0.6 is 0 Å². The summed E-state index contributed by atoms with van der Waals surface area (Å²) >= 11 is 0. The summed E-state index contributed by atoms with van der Waals surface area (Å²) < 4.78 is 4.94. The number of benzene rings is 1. The Balaban J connectivity index is 2.01. The predicted octanol–water partition coefficient (Wildman–Crippen LogP) is 1.61. The van der Waals surface area contributed by atoms with Crippen LogP contribution in [0.1, 0.15) is 25.7 Å². The van der Waals surface area contributed by atoms with E-state index in [1.807, 2.05) is 24.3 Å². The largest absolute Gasteiger partial charge is 0.383 e. The van der Waals surface area contributed by atoms with Gasteiger partial charge in [0.1, 0.15) is 5.82 Å². The molecule has 0 spiro atoms. The number of amides is 1. The molecule has 1 aromatic heterocycles. The molecule has 6 nitrogen and oxygen atoms in total. The zero-order valence-corrected chi connectivity index (χ0v) is 13.3. The van der Waals surface area contributed by atoms with Gasteiger partial charge in [0.25, 0.3) is 0 Å². The van der Waals surface area contributed by atoms with E-state index in [0.29, 0.717) is 13.2 Å². The van der Waals surface area contributed by atoms with Crippen molar-refractivity contribution < 1.29 is 9.53 Å². The minimum absolute atomic E-state index is 0.0461. The van der Waals surface area contributed by atoms with E-state index in [9.17, 15) is 4.79 Å². The molecule has 120 valence electrons. The minimum atomic E-state index is -0.135. The van der Waals surface area contributed by atoms with Crippen LogP contribution in [-0.4, -0.2) is 42.7 Å². The number of aromatic nitrogens is 2. The number of nitrogens with zero attached hydrogens (tertiary/aromatic N) is 1. The average molecular weight is 304 g/mol. The van der Waals surface area contributed by atoms with Crippen LogP contribution < -0.4 is 10.6 Å². The molecule has 0 bridgehead atoms. The van der Waals surface area contributed by atoms with Crippen LogP contribution in [0, 0.1) is 5.92 Å². The molecule has 1 atom stereocenters. The molecule has 0 aliphatic carbocycles. The van der Waals surface area contributed by atoms with Gasteiger partial charge in [-0.25, -0.2) is 4.98 Å². The summed E-state index contributed by atoms with van der Waals surface area (Å²) in [6.45, 7) is 5.64. The zero-order valence-electron chi connectivity index (χ0n) is 13.3. The number of rotatable bonds is 8. The molecule has 2 aromatic rings. The van der Waals surface area contributed by atoms with Crippen molar-refractivity contribution in [2.24, 2.45) is 5.92 Å². The SMILES string of the molecule is COCCNCC(=O)NC(c1nc2ccccc2[nH]1)C(C)C. The number of aromatic amines is 1. The summed E-state index contributed by atoms with van der Waals surface area (Å²) in [5.41, 5.74) is 1.89. The van der Waals surface area contributed by atoms with Crippen LogP contribution in [0.2, 0.25) is 0 Å². The van der Waals surface area contributed by atoms with Gasteiger partial charge in [0.15, 0.2) is 0 Å². The Labute approximate surface area is 130 Å². The summed E-state index contributed by atoms with van der Waals surface area (Å²) in [6.07, 6.45) is 0. The number of ether oxygens (including phenoxy) is 1. The van der Waals surface area contributed by atoms with Crippen molar-refractivity contribution in [1.82, 2.24) is 20.6 Å². The lowest BCUT2D eigenvalue weighted by Crippen LogP contribution is -2.39. The Bertz CT molecular complexity index is 576. The molecule has 0 radical (unpaired) electrons. The fourth-order valence-corrected chi connectivity index (χ4v) is 2.27. The van der Waals surface area contributed by atoms with Crippen LogP contribution in [0.25, 0.3) is 11.0 Å². The number of methoxy groups -OCH3 is 1. The topological polar surface area (TPSA) is 79.0 Å². The second kappa shape index (κ2) is 7.91. The molecule has 6 heteroatoms. The summed E-state index contributed by atoms with van der Waals surface area (Å²) in [5, 5.41) is 6.08. The van der Waals surface area contributed by atoms with E-state index >= 15 is 0 Å². The van der Waals surface area contributed by atoms with E-state index in [-0.39, 0.29) is 24.4 Å². The summed E-state index contributed by atoms with van der Waals surface area (Å²) in [6, 6.07) is 7.73. The fourth-order valence-electron chi connectivity index (χ4n) is 2.27. The number of hydrogen-bond donors (Lipinski definition) is 3. The normalized spacial score (nSPS) is 12.7. The van der Waals surface area contributed by atoms with Gasteiger partial charge in [0.2, 0.25) is 5.91 Å². The average Bonchev–Trinajstić information content (AvgIpc) is 2.92. The van der Waals surface area contributed by atoms with E-state index in [1.165, 1.54) is 0 Å². The first-order chi connectivity index (χ1) is 10.6. The molecule has 1 heterocycles. The quantitative estimate of drug-likeness (QED) is 0.647. The van der Waals surface area contributed by atoms with Gasteiger partial charge >= 0.3 is 0 Å². The van der Waals surface area contributed by atoms with E-state index < -0.39 is 0 Å². The van der Waals surface area contributed by atoms with E-state index in [1.54, 1.807) is 7.11 Å². The molecule has 1 aromatic carbocycles. The van der Waals surface area contributed by atoms with Gasteiger partial charge < -0.3 is 20.4 Å². The third-order valence-corrected chi connectivity index (χ3v) is 3.45. The van der Waals surface area contributed by atoms with E-state index in [4.69, 9.17) is 4.74 Å². The number of H-pyrrole nitrogens is 1. The lowest BCUT2D eigenvalue weighted by atomic mass is 10.0. The van der Waals surface area contributed by atoms with Crippen molar-refractivity contribution >= 4 is 16.9 Å².